The Labute approximate surface area is 172 Å². The van der Waals surface area contributed by atoms with Gasteiger partial charge in [0.1, 0.15) is 17.6 Å². The lowest BCUT2D eigenvalue weighted by molar-refractivity contribution is -0.123. The van der Waals surface area contributed by atoms with Gasteiger partial charge in [-0.1, -0.05) is 23.7 Å². The molecule has 150 valence electrons. The zero-order chi connectivity index (χ0) is 20.7. The molecular formula is C19H22ClN3O4S. The summed E-state index contributed by atoms with van der Waals surface area (Å²) in [5.41, 5.74) is 5.32. The normalized spacial score (nSPS) is 11.6. The summed E-state index contributed by atoms with van der Waals surface area (Å²) >= 11 is 7.58. The summed E-state index contributed by atoms with van der Waals surface area (Å²) in [6, 6.07) is 7.33. The number of hydrogen-bond acceptors (Lipinski definition) is 5. The first-order valence-electron chi connectivity index (χ1n) is 8.55. The number of carbonyl (C=O) groups excluding carboxylic acids is 3. The van der Waals surface area contributed by atoms with Gasteiger partial charge in [-0.05, 0) is 50.5 Å². The highest BCUT2D eigenvalue weighted by Gasteiger charge is 2.23. The molecule has 0 bridgehead atoms. The smallest absolute Gasteiger partial charge is 0.273 e. The minimum absolute atomic E-state index is 0.277. The van der Waals surface area contributed by atoms with E-state index in [0.717, 1.165) is 0 Å². The predicted molar refractivity (Wildman–Crippen MR) is 109 cm³/mol. The van der Waals surface area contributed by atoms with Crippen molar-refractivity contribution in [1.82, 2.24) is 16.2 Å². The second-order valence-corrected chi connectivity index (χ2v) is 7.45. The van der Waals surface area contributed by atoms with E-state index in [4.69, 9.17) is 16.0 Å². The average Bonchev–Trinajstić information content (AvgIpc) is 3.01. The van der Waals surface area contributed by atoms with Crippen LogP contribution in [0.3, 0.4) is 0 Å². The van der Waals surface area contributed by atoms with Gasteiger partial charge >= 0.3 is 0 Å². The van der Waals surface area contributed by atoms with Crippen LogP contribution < -0.4 is 16.2 Å². The first kappa shape index (κ1) is 21.8. The molecule has 0 saturated carbocycles. The van der Waals surface area contributed by atoms with Gasteiger partial charge in [-0.15, -0.1) is 0 Å². The molecule has 9 heteroatoms. The molecule has 1 unspecified atom stereocenters. The highest BCUT2D eigenvalue weighted by molar-refractivity contribution is 7.98. The van der Waals surface area contributed by atoms with Crippen molar-refractivity contribution < 1.29 is 18.8 Å². The summed E-state index contributed by atoms with van der Waals surface area (Å²) in [6.07, 6.45) is 2.29. The Morgan fingerprint density at radius 1 is 1.11 bits per heavy atom. The quantitative estimate of drug-likeness (QED) is 0.594. The maximum absolute atomic E-state index is 12.5. The van der Waals surface area contributed by atoms with E-state index in [-0.39, 0.29) is 5.56 Å². The highest BCUT2D eigenvalue weighted by atomic mass is 35.5. The van der Waals surface area contributed by atoms with Gasteiger partial charge in [0.05, 0.1) is 16.1 Å². The van der Waals surface area contributed by atoms with Crippen LogP contribution in [0, 0.1) is 13.8 Å². The Balaban J connectivity index is 2.02. The van der Waals surface area contributed by atoms with Gasteiger partial charge in [-0.2, -0.15) is 11.8 Å². The second kappa shape index (κ2) is 10.2. The van der Waals surface area contributed by atoms with Crippen LogP contribution in [0.25, 0.3) is 0 Å². The van der Waals surface area contributed by atoms with E-state index in [1.165, 1.54) is 0 Å². The van der Waals surface area contributed by atoms with Gasteiger partial charge in [-0.3, -0.25) is 25.2 Å². The molecule has 1 aromatic carbocycles. The van der Waals surface area contributed by atoms with Crippen molar-refractivity contribution in [2.75, 3.05) is 12.0 Å². The number of benzene rings is 1. The summed E-state index contributed by atoms with van der Waals surface area (Å²) in [6.45, 7) is 3.39. The lowest BCUT2D eigenvalue weighted by atomic mass is 10.1. The van der Waals surface area contributed by atoms with Gasteiger partial charge in [0, 0.05) is 0 Å². The summed E-state index contributed by atoms with van der Waals surface area (Å²) in [4.78, 5) is 37.2. The Kier molecular flexibility index (Phi) is 7.95. The molecule has 0 radical (unpaired) electrons. The molecule has 0 aliphatic carbocycles. The van der Waals surface area contributed by atoms with Crippen molar-refractivity contribution >= 4 is 41.1 Å². The van der Waals surface area contributed by atoms with E-state index in [9.17, 15) is 14.4 Å². The number of rotatable bonds is 7. The number of thioether (sulfide) groups is 1. The van der Waals surface area contributed by atoms with Crippen LogP contribution in [-0.4, -0.2) is 35.8 Å². The van der Waals surface area contributed by atoms with E-state index in [1.54, 1.807) is 55.9 Å². The number of hydrogen-bond donors (Lipinski definition) is 3. The molecule has 0 aliphatic heterocycles. The molecule has 0 fully saturated rings. The monoisotopic (exact) mass is 423 g/mol. The SMILES string of the molecule is CSCCC(NC(=O)c1ccccc1Cl)C(=O)NNC(=O)c1cc(C)oc1C. The highest BCUT2D eigenvalue weighted by Crippen LogP contribution is 2.15. The fourth-order valence-corrected chi connectivity index (χ4v) is 3.21. The van der Waals surface area contributed by atoms with Crippen LogP contribution in [0.1, 0.15) is 38.7 Å². The average molecular weight is 424 g/mol. The van der Waals surface area contributed by atoms with Gasteiger partial charge in [-0.25, -0.2) is 0 Å². The van der Waals surface area contributed by atoms with E-state index in [1.807, 2.05) is 6.26 Å². The summed E-state index contributed by atoms with van der Waals surface area (Å²) in [5.74, 6) is 0.215. The van der Waals surface area contributed by atoms with E-state index < -0.39 is 23.8 Å². The largest absolute Gasteiger partial charge is 0.466 e. The third kappa shape index (κ3) is 5.77. The molecule has 0 aliphatic rings. The predicted octanol–water partition coefficient (Wildman–Crippen LogP) is 2.86. The Bertz CT molecular complexity index is 869. The fraction of sp³-hybridized carbons (Fsp3) is 0.316. The summed E-state index contributed by atoms with van der Waals surface area (Å²) < 4.78 is 5.31. The number of hydrazine groups is 1. The van der Waals surface area contributed by atoms with Crippen LogP contribution in [0.5, 0.6) is 0 Å². The lowest BCUT2D eigenvalue weighted by Crippen LogP contribution is -2.52. The van der Waals surface area contributed by atoms with Crippen molar-refractivity contribution in [3.05, 3.63) is 58.0 Å². The van der Waals surface area contributed by atoms with Crippen molar-refractivity contribution in [3.8, 4) is 0 Å². The van der Waals surface area contributed by atoms with Gasteiger partial charge < -0.3 is 9.73 Å². The number of halogens is 1. The van der Waals surface area contributed by atoms with Gasteiger partial charge in [0.15, 0.2) is 0 Å². The van der Waals surface area contributed by atoms with Crippen molar-refractivity contribution in [3.63, 3.8) is 0 Å². The second-order valence-electron chi connectivity index (χ2n) is 6.06. The van der Waals surface area contributed by atoms with Crippen LogP contribution in [0.2, 0.25) is 5.02 Å². The van der Waals surface area contributed by atoms with Crippen molar-refractivity contribution in [2.45, 2.75) is 26.3 Å². The maximum Gasteiger partial charge on any atom is 0.273 e. The van der Waals surface area contributed by atoms with Gasteiger partial charge in [0.25, 0.3) is 17.7 Å². The lowest BCUT2D eigenvalue weighted by Gasteiger charge is -2.18. The van der Waals surface area contributed by atoms with Crippen LogP contribution in [0.15, 0.2) is 34.7 Å². The topological polar surface area (TPSA) is 100 Å². The van der Waals surface area contributed by atoms with Crippen molar-refractivity contribution in [1.29, 1.82) is 0 Å². The number of carbonyl (C=O) groups is 3. The Morgan fingerprint density at radius 3 is 2.43 bits per heavy atom. The molecular weight excluding hydrogens is 402 g/mol. The molecule has 1 atom stereocenters. The molecule has 0 spiro atoms. The van der Waals surface area contributed by atoms with E-state index in [2.05, 4.69) is 16.2 Å². The maximum atomic E-state index is 12.5. The zero-order valence-corrected chi connectivity index (χ0v) is 17.4. The number of furan rings is 1. The van der Waals surface area contributed by atoms with Crippen LogP contribution >= 0.6 is 23.4 Å². The fourth-order valence-electron chi connectivity index (χ4n) is 2.51. The molecule has 3 amide bonds. The van der Waals surface area contributed by atoms with E-state index in [0.29, 0.717) is 34.3 Å². The van der Waals surface area contributed by atoms with Crippen LogP contribution in [-0.2, 0) is 4.79 Å². The third-order valence-corrected chi connectivity index (χ3v) is 4.91. The first-order valence-corrected chi connectivity index (χ1v) is 10.3. The Morgan fingerprint density at radius 2 is 1.82 bits per heavy atom. The number of amides is 3. The molecule has 3 N–H and O–H groups in total. The number of aryl methyl sites for hydroxylation is 2. The molecule has 1 heterocycles. The van der Waals surface area contributed by atoms with Gasteiger partial charge in [0.2, 0.25) is 0 Å². The Hall–Kier alpha value is -2.45. The minimum atomic E-state index is -0.830. The van der Waals surface area contributed by atoms with E-state index >= 15 is 0 Å². The molecule has 7 nitrogen and oxygen atoms in total. The molecule has 0 saturated heterocycles. The summed E-state index contributed by atoms with van der Waals surface area (Å²) in [5, 5.41) is 2.96. The third-order valence-electron chi connectivity index (χ3n) is 3.94. The number of nitrogens with one attached hydrogen (secondary N) is 3. The molecule has 1 aromatic heterocycles. The molecule has 2 aromatic rings. The summed E-state index contributed by atoms with van der Waals surface area (Å²) in [7, 11) is 0. The van der Waals surface area contributed by atoms with Crippen LogP contribution in [0.4, 0.5) is 0 Å². The standard InChI is InChI=1S/C19H22ClN3O4S/c1-11-10-14(12(2)27-11)18(25)22-23-19(26)16(8-9-28-3)21-17(24)13-6-4-5-7-15(13)20/h4-7,10,16H,8-9H2,1-3H3,(H,21,24)(H,22,25)(H,23,26). The molecule has 2 rings (SSSR count). The zero-order valence-electron chi connectivity index (χ0n) is 15.8. The van der Waals surface area contributed by atoms with Crippen molar-refractivity contribution in [2.24, 2.45) is 0 Å². The first-order chi connectivity index (χ1) is 13.3. The molecule has 28 heavy (non-hydrogen) atoms. The minimum Gasteiger partial charge on any atom is -0.466 e.